The summed E-state index contributed by atoms with van der Waals surface area (Å²) in [5, 5.41) is 3.57. The minimum absolute atomic E-state index is 0.00393. The molecule has 1 heterocycles. The highest BCUT2D eigenvalue weighted by molar-refractivity contribution is 4.98. The van der Waals surface area contributed by atoms with Crippen LogP contribution < -0.4 is 5.32 Å². The fourth-order valence-corrected chi connectivity index (χ4v) is 2.72. The third-order valence-corrected chi connectivity index (χ3v) is 3.76. The quantitative estimate of drug-likeness (QED) is 0.724. The topological polar surface area (TPSA) is 30.5 Å². The molecule has 100 valence electrons. The zero-order chi connectivity index (χ0) is 12.5. The fraction of sp³-hybridized carbons (Fsp3) is 1.00. The van der Waals surface area contributed by atoms with E-state index in [9.17, 15) is 0 Å². The molecule has 1 atom stereocenters. The molecular formula is C14H27NO2. The molecule has 1 aliphatic carbocycles. The molecule has 0 spiro atoms. The van der Waals surface area contributed by atoms with Gasteiger partial charge in [0.1, 0.15) is 0 Å². The number of nitrogens with one attached hydrogen (secondary N) is 1. The van der Waals surface area contributed by atoms with Gasteiger partial charge in [-0.3, -0.25) is 0 Å². The van der Waals surface area contributed by atoms with Gasteiger partial charge in [0.25, 0.3) is 0 Å². The molecule has 2 aliphatic rings. The average Bonchev–Trinajstić information content (AvgIpc) is 2.93. The van der Waals surface area contributed by atoms with E-state index in [0.717, 1.165) is 32.1 Å². The molecule has 17 heavy (non-hydrogen) atoms. The van der Waals surface area contributed by atoms with Crippen molar-refractivity contribution in [2.75, 3.05) is 19.8 Å². The summed E-state index contributed by atoms with van der Waals surface area (Å²) in [6.45, 7) is 11.4. The molecule has 2 rings (SSSR count). The van der Waals surface area contributed by atoms with E-state index in [-0.39, 0.29) is 11.2 Å². The second-order valence-corrected chi connectivity index (χ2v) is 6.69. The van der Waals surface area contributed by atoms with Gasteiger partial charge in [0.05, 0.1) is 17.8 Å². The minimum Gasteiger partial charge on any atom is -0.380 e. The first-order chi connectivity index (χ1) is 7.89. The Morgan fingerprint density at radius 3 is 2.47 bits per heavy atom. The fourth-order valence-electron chi connectivity index (χ4n) is 2.72. The van der Waals surface area contributed by atoms with Crippen molar-refractivity contribution in [2.45, 2.75) is 64.2 Å². The lowest BCUT2D eigenvalue weighted by atomic mass is 9.94. The van der Waals surface area contributed by atoms with Crippen LogP contribution in [0.1, 0.15) is 47.0 Å². The van der Waals surface area contributed by atoms with E-state index in [1.54, 1.807) is 0 Å². The van der Waals surface area contributed by atoms with Gasteiger partial charge in [-0.1, -0.05) is 0 Å². The Labute approximate surface area is 105 Å². The molecule has 3 nitrogen and oxygen atoms in total. The maximum Gasteiger partial charge on any atom is 0.0787 e. The summed E-state index contributed by atoms with van der Waals surface area (Å²) in [5.41, 5.74) is -0.0734. The van der Waals surface area contributed by atoms with Gasteiger partial charge in [0, 0.05) is 19.2 Å². The van der Waals surface area contributed by atoms with Gasteiger partial charge in [-0.25, -0.2) is 0 Å². The molecule has 1 saturated heterocycles. The van der Waals surface area contributed by atoms with Crippen LogP contribution in [-0.2, 0) is 9.47 Å². The van der Waals surface area contributed by atoms with E-state index in [4.69, 9.17) is 9.47 Å². The molecule has 0 aromatic carbocycles. The lowest BCUT2D eigenvalue weighted by Gasteiger charge is -2.27. The molecular weight excluding hydrogens is 214 g/mol. The summed E-state index contributed by atoms with van der Waals surface area (Å²) >= 11 is 0. The first kappa shape index (κ1) is 13.3. The van der Waals surface area contributed by atoms with Gasteiger partial charge in [-0.05, 0) is 52.9 Å². The zero-order valence-electron chi connectivity index (χ0n) is 11.7. The number of ether oxygens (including phenoxy) is 2. The molecule has 1 aliphatic heterocycles. The summed E-state index contributed by atoms with van der Waals surface area (Å²) in [7, 11) is 0. The van der Waals surface area contributed by atoms with Crippen LogP contribution >= 0.6 is 0 Å². The Morgan fingerprint density at radius 1 is 1.24 bits per heavy atom. The minimum atomic E-state index is -0.0695. The Morgan fingerprint density at radius 2 is 1.94 bits per heavy atom. The lowest BCUT2D eigenvalue weighted by Crippen LogP contribution is -2.44. The van der Waals surface area contributed by atoms with Crippen molar-refractivity contribution in [1.82, 2.24) is 5.32 Å². The maximum atomic E-state index is 6.05. The third kappa shape index (κ3) is 3.94. The predicted molar refractivity (Wildman–Crippen MR) is 69.2 cm³/mol. The molecule has 3 heteroatoms. The maximum absolute atomic E-state index is 6.05. The molecule has 0 bridgehead atoms. The second kappa shape index (κ2) is 4.87. The Balaban J connectivity index is 1.64. The average molecular weight is 241 g/mol. The second-order valence-electron chi connectivity index (χ2n) is 6.69. The number of hydrogen-bond acceptors (Lipinski definition) is 3. The van der Waals surface area contributed by atoms with Crippen molar-refractivity contribution in [3.63, 3.8) is 0 Å². The molecule has 2 fully saturated rings. The first-order valence-corrected chi connectivity index (χ1v) is 6.90. The summed E-state index contributed by atoms with van der Waals surface area (Å²) in [5.74, 6) is 0.861. The standard InChI is InChI=1S/C14H27NO2/c1-13(2)9-12(14(3,4)17-13)15-7-8-16-10-11-5-6-11/h11-12,15H,5-10H2,1-4H3. The molecule has 1 saturated carbocycles. The Bertz CT molecular complexity index is 259. The third-order valence-electron chi connectivity index (χ3n) is 3.76. The summed E-state index contributed by atoms with van der Waals surface area (Å²) in [6.07, 6.45) is 3.80. The van der Waals surface area contributed by atoms with Crippen LogP contribution in [0.5, 0.6) is 0 Å². The smallest absolute Gasteiger partial charge is 0.0787 e. The van der Waals surface area contributed by atoms with Gasteiger partial charge in [-0.2, -0.15) is 0 Å². The van der Waals surface area contributed by atoms with Crippen molar-refractivity contribution in [1.29, 1.82) is 0 Å². The van der Waals surface area contributed by atoms with Crippen molar-refractivity contribution in [3.05, 3.63) is 0 Å². The first-order valence-electron chi connectivity index (χ1n) is 6.90. The molecule has 0 aromatic heterocycles. The van der Waals surface area contributed by atoms with Crippen LogP contribution in [0.15, 0.2) is 0 Å². The summed E-state index contributed by atoms with van der Waals surface area (Å²) in [4.78, 5) is 0. The van der Waals surface area contributed by atoms with Gasteiger partial charge >= 0.3 is 0 Å². The van der Waals surface area contributed by atoms with Crippen molar-refractivity contribution >= 4 is 0 Å². The van der Waals surface area contributed by atoms with Gasteiger partial charge in [0.15, 0.2) is 0 Å². The highest BCUT2D eigenvalue weighted by Gasteiger charge is 2.45. The Kier molecular flexibility index (Phi) is 3.81. The van der Waals surface area contributed by atoms with Crippen molar-refractivity contribution in [3.8, 4) is 0 Å². The summed E-state index contributed by atoms with van der Waals surface area (Å²) < 4.78 is 11.7. The summed E-state index contributed by atoms with van der Waals surface area (Å²) in [6, 6.07) is 0.432. The molecule has 1 N–H and O–H groups in total. The van der Waals surface area contributed by atoms with E-state index in [0.29, 0.717) is 6.04 Å². The van der Waals surface area contributed by atoms with Crippen LogP contribution in [0.4, 0.5) is 0 Å². The Hall–Kier alpha value is -0.120. The normalized spacial score (nSPS) is 30.7. The predicted octanol–water partition coefficient (Wildman–Crippen LogP) is 2.35. The van der Waals surface area contributed by atoms with Gasteiger partial charge < -0.3 is 14.8 Å². The van der Waals surface area contributed by atoms with Crippen LogP contribution in [0, 0.1) is 5.92 Å². The van der Waals surface area contributed by atoms with Crippen LogP contribution in [-0.4, -0.2) is 37.0 Å². The number of hydrogen-bond donors (Lipinski definition) is 1. The highest BCUT2D eigenvalue weighted by atomic mass is 16.5. The SMILES string of the molecule is CC1(C)CC(NCCOCC2CC2)C(C)(C)O1. The van der Waals surface area contributed by atoms with Crippen LogP contribution in [0.2, 0.25) is 0 Å². The van der Waals surface area contributed by atoms with Gasteiger partial charge in [0.2, 0.25) is 0 Å². The molecule has 0 radical (unpaired) electrons. The van der Waals surface area contributed by atoms with Crippen LogP contribution in [0.25, 0.3) is 0 Å². The van der Waals surface area contributed by atoms with Gasteiger partial charge in [-0.15, -0.1) is 0 Å². The van der Waals surface area contributed by atoms with Crippen LogP contribution in [0.3, 0.4) is 0 Å². The van der Waals surface area contributed by atoms with E-state index >= 15 is 0 Å². The van der Waals surface area contributed by atoms with E-state index in [1.807, 2.05) is 0 Å². The van der Waals surface area contributed by atoms with Crippen molar-refractivity contribution in [2.24, 2.45) is 5.92 Å². The largest absolute Gasteiger partial charge is 0.380 e. The zero-order valence-corrected chi connectivity index (χ0v) is 11.7. The highest BCUT2D eigenvalue weighted by Crippen LogP contribution is 2.37. The van der Waals surface area contributed by atoms with Crippen molar-refractivity contribution < 1.29 is 9.47 Å². The number of rotatable bonds is 6. The molecule has 0 amide bonds. The lowest BCUT2D eigenvalue weighted by molar-refractivity contribution is -0.0700. The van der Waals surface area contributed by atoms with E-state index in [2.05, 4.69) is 33.0 Å². The monoisotopic (exact) mass is 241 g/mol. The van der Waals surface area contributed by atoms with E-state index < -0.39 is 0 Å². The van der Waals surface area contributed by atoms with E-state index in [1.165, 1.54) is 12.8 Å². The molecule has 0 aromatic rings. The molecule has 1 unspecified atom stereocenters.